The fraction of sp³-hybridized carbons (Fsp3) is 0.333. The molecule has 124 valence electrons. The molecule has 0 aliphatic carbocycles. The molecule has 5 nitrogen and oxygen atoms in total. The van der Waals surface area contributed by atoms with Gasteiger partial charge in [-0.3, -0.25) is 0 Å². The van der Waals surface area contributed by atoms with E-state index in [1.165, 1.54) is 6.07 Å². The van der Waals surface area contributed by atoms with E-state index in [-0.39, 0.29) is 11.9 Å². The van der Waals surface area contributed by atoms with Crippen LogP contribution in [0.5, 0.6) is 5.75 Å². The Morgan fingerprint density at radius 3 is 2.96 bits per heavy atom. The minimum atomic E-state index is 0.118. The molecule has 0 bridgehead atoms. The summed E-state index contributed by atoms with van der Waals surface area (Å²) in [6, 6.07) is 7.30. The molecule has 0 saturated carbocycles. The van der Waals surface area contributed by atoms with E-state index >= 15 is 0 Å². The zero-order valence-electron chi connectivity index (χ0n) is 13.4. The maximum atomic E-state index is 10.2. The first-order chi connectivity index (χ1) is 11.6. The molecule has 1 aliphatic rings. The molecule has 0 radical (unpaired) electrons. The van der Waals surface area contributed by atoms with Crippen molar-refractivity contribution in [2.45, 2.75) is 32.4 Å². The number of ether oxygens (including phenoxy) is 1. The lowest BCUT2D eigenvalue weighted by Crippen LogP contribution is -2.14. The van der Waals surface area contributed by atoms with E-state index in [0.717, 1.165) is 42.6 Å². The molecule has 3 heterocycles. The maximum absolute atomic E-state index is 10.2. The van der Waals surface area contributed by atoms with Gasteiger partial charge >= 0.3 is 0 Å². The normalized spacial score (nSPS) is 17.7. The van der Waals surface area contributed by atoms with Crippen molar-refractivity contribution in [3.63, 3.8) is 0 Å². The summed E-state index contributed by atoms with van der Waals surface area (Å²) in [7, 11) is 0. The summed E-state index contributed by atoms with van der Waals surface area (Å²) in [5, 5.41) is 20.4. The topological polar surface area (TPSA) is 60.2 Å². The highest BCUT2D eigenvalue weighted by atomic mass is 35.5. The molecule has 6 heteroatoms. The Morgan fingerprint density at radius 2 is 2.21 bits per heavy atom. The molecule has 1 N–H and O–H groups in total. The summed E-state index contributed by atoms with van der Waals surface area (Å²) in [5.41, 5.74) is 3.01. The summed E-state index contributed by atoms with van der Waals surface area (Å²) in [6.45, 7) is 3.53. The molecule has 1 aromatic carbocycles. The number of hydrogen-bond donors (Lipinski definition) is 1. The van der Waals surface area contributed by atoms with Crippen LogP contribution in [0.25, 0.3) is 22.3 Å². The fourth-order valence-corrected chi connectivity index (χ4v) is 3.59. The van der Waals surface area contributed by atoms with Crippen molar-refractivity contribution in [3.05, 3.63) is 41.0 Å². The molecular formula is C18H18ClN3O2. The van der Waals surface area contributed by atoms with Crippen LogP contribution in [0.3, 0.4) is 0 Å². The van der Waals surface area contributed by atoms with E-state index in [9.17, 15) is 5.11 Å². The van der Waals surface area contributed by atoms with Gasteiger partial charge < -0.3 is 14.4 Å². The summed E-state index contributed by atoms with van der Waals surface area (Å²) < 4.78 is 7.78. The van der Waals surface area contributed by atoms with Crippen LogP contribution in [0.4, 0.5) is 0 Å². The Morgan fingerprint density at radius 1 is 1.33 bits per heavy atom. The van der Waals surface area contributed by atoms with Gasteiger partial charge in [-0.25, -0.2) is 0 Å². The largest absolute Gasteiger partial charge is 0.507 e. The van der Waals surface area contributed by atoms with Gasteiger partial charge in [0.15, 0.2) is 5.65 Å². The molecule has 1 unspecified atom stereocenters. The smallest absolute Gasteiger partial charge is 0.162 e. The van der Waals surface area contributed by atoms with Crippen LogP contribution >= 0.6 is 11.6 Å². The number of hydrogen-bond acceptors (Lipinski definition) is 4. The quantitative estimate of drug-likeness (QED) is 0.782. The third-order valence-electron chi connectivity index (χ3n) is 4.47. The zero-order valence-corrected chi connectivity index (χ0v) is 14.1. The zero-order chi connectivity index (χ0) is 16.7. The second-order valence-corrected chi connectivity index (χ2v) is 6.66. The van der Waals surface area contributed by atoms with Crippen LogP contribution in [-0.4, -0.2) is 32.6 Å². The molecule has 1 saturated heterocycles. The number of aromatic nitrogens is 3. The van der Waals surface area contributed by atoms with Crippen molar-refractivity contribution in [1.82, 2.24) is 14.8 Å². The van der Waals surface area contributed by atoms with Crippen LogP contribution in [0, 0.1) is 6.92 Å². The molecule has 1 fully saturated rings. The van der Waals surface area contributed by atoms with Gasteiger partial charge in [-0.15, -0.1) is 10.2 Å². The number of benzene rings is 1. The number of halogens is 1. The molecule has 0 amide bonds. The number of nitrogens with zero attached hydrogens (tertiary/aromatic N) is 3. The van der Waals surface area contributed by atoms with Crippen molar-refractivity contribution >= 4 is 22.6 Å². The maximum Gasteiger partial charge on any atom is 0.162 e. The number of phenolic OH excluding ortho intramolecular Hbond substituents is 1. The van der Waals surface area contributed by atoms with E-state index in [4.69, 9.17) is 16.3 Å². The summed E-state index contributed by atoms with van der Waals surface area (Å²) >= 11 is 5.98. The van der Waals surface area contributed by atoms with Gasteiger partial charge in [-0.2, -0.15) is 0 Å². The first kappa shape index (κ1) is 15.4. The number of phenols is 1. The second kappa shape index (κ2) is 6.07. The van der Waals surface area contributed by atoms with Gasteiger partial charge in [0, 0.05) is 28.8 Å². The minimum Gasteiger partial charge on any atom is -0.507 e. The molecule has 24 heavy (non-hydrogen) atoms. The highest BCUT2D eigenvalue weighted by Crippen LogP contribution is 2.34. The second-order valence-electron chi connectivity index (χ2n) is 6.23. The highest BCUT2D eigenvalue weighted by molar-refractivity contribution is 6.31. The van der Waals surface area contributed by atoms with Crippen molar-refractivity contribution in [2.75, 3.05) is 6.61 Å². The van der Waals surface area contributed by atoms with Crippen LogP contribution in [0.2, 0.25) is 5.02 Å². The van der Waals surface area contributed by atoms with Gasteiger partial charge in [-0.05, 0) is 49.6 Å². The number of rotatable bonds is 3. The van der Waals surface area contributed by atoms with Gasteiger partial charge in [0.2, 0.25) is 0 Å². The average molecular weight is 344 g/mol. The Labute approximate surface area is 144 Å². The van der Waals surface area contributed by atoms with Crippen LogP contribution in [0.15, 0.2) is 30.5 Å². The van der Waals surface area contributed by atoms with Crippen molar-refractivity contribution in [1.29, 1.82) is 0 Å². The van der Waals surface area contributed by atoms with Gasteiger partial charge in [0.1, 0.15) is 5.75 Å². The SMILES string of the molecule is Cc1cc(Cl)cc(O)c1-c1cc2ccn(CC3CCCO3)c2nn1. The molecule has 1 atom stereocenters. The Kier molecular flexibility index (Phi) is 3.90. The third-order valence-corrected chi connectivity index (χ3v) is 4.69. The standard InChI is InChI=1S/C18H18ClN3O2/c1-11-7-13(19)9-16(23)17(11)15-8-12-4-5-22(18(12)21-20-15)10-14-3-2-6-24-14/h4-5,7-9,14,23H,2-3,6,10H2,1H3. The van der Waals surface area contributed by atoms with Gasteiger partial charge in [0.05, 0.1) is 18.3 Å². The summed E-state index contributed by atoms with van der Waals surface area (Å²) in [6.07, 6.45) is 4.47. The average Bonchev–Trinajstić information content (AvgIpc) is 3.17. The number of aromatic hydroxyl groups is 1. The van der Waals surface area contributed by atoms with E-state index < -0.39 is 0 Å². The number of aryl methyl sites for hydroxylation is 1. The molecule has 2 aromatic heterocycles. The lowest BCUT2D eigenvalue weighted by atomic mass is 10.0. The summed E-state index contributed by atoms with van der Waals surface area (Å²) in [4.78, 5) is 0. The Hall–Kier alpha value is -2.11. The van der Waals surface area contributed by atoms with Crippen molar-refractivity contribution in [3.8, 4) is 17.0 Å². The molecule has 3 aromatic rings. The first-order valence-electron chi connectivity index (χ1n) is 8.05. The minimum absolute atomic E-state index is 0.118. The predicted octanol–water partition coefficient (Wildman–Crippen LogP) is 3.94. The molecule has 0 spiro atoms. The predicted molar refractivity (Wildman–Crippen MR) is 93.3 cm³/mol. The van der Waals surface area contributed by atoms with Gasteiger partial charge in [0.25, 0.3) is 0 Å². The summed E-state index contributed by atoms with van der Waals surface area (Å²) in [5.74, 6) is 0.118. The molecule has 4 rings (SSSR count). The Bertz CT molecular complexity index is 877. The third kappa shape index (κ3) is 2.74. The van der Waals surface area contributed by atoms with E-state index in [0.29, 0.717) is 16.3 Å². The van der Waals surface area contributed by atoms with E-state index in [2.05, 4.69) is 14.8 Å². The van der Waals surface area contributed by atoms with Crippen LogP contribution in [0.1, 0.15) is 18.4 Å². The monoisotopic (exact) mass is 343 g/mol. The van der Waals surface area contributed by atoms with Crippen molar-refractivity contribution < 1.29 is 9.84 Å². The lowest BCUT2D eigenvalue weighted by Gasteiger charge is -2.11. The first-order valence-corrected chi connectivity index (χ1v) is 8.43. The fourth-order valence-electron chi connectivity index (χ4n) is 3.32. The van der Waals surface area contributed by atoms with Gasteiger partial charge in [-0.1, -0.05) is 11.6 Å². The van der Waals surface area contributed by atoms with E-state index in [1.54, 1.807) is 0 Å². The van der Waals surface area contributed by atoms with Crippen LogP contribution < -0.4 is 0 Å². The van der Waals surface area contributed by atoms with Crippen molar-refractivity contribution in [2.24, 2.45) is 0 Å². The van der Waals surface area contributed by atoms with Crippen LogP contribution in [-0.2, 0) is 11.3 Å². The number of fused-ring (bicyclic) bond motifs is 1. The lowest BCUT2D eigenvalue weighted by molar-refractivity contribution is 0.0979. The Balaban J connectivity index is 1.72. The highest BCUT2D eigenvalue weighted by Gasteiger charge is 2.18. The molecular weight excluding hydrogens is 326 g/mol. The molecule has 1 aliphatic heterocycles. The van der Waals surface area contributed by atoms with E-state index in [1.807, 2.05) is 31.3 Å².